The third-order valence-corrected chi connectivity index (χ3v) is 12.5. The van der Waals surface area contributed by atoms with Crippen LogP contribution in [0.4, 0.5) is 0 Å². The predicted octanol–water partition coefficient (Wildman–Crippen LogP) is 13.0. The van der Waals surface area contributed by atoms with Crippen LogP contribution in [0.25, 0.3) is 103 Å². The second kappa shape index (κ2) is 9.93. The SMILES string of the molecule is CC1(C)c2ccc(-c3nc4ccccc4nc3-n3c4ccccc4c4cc5c(cc43)sc3ccccc35)cc2-c2c1ccc1oc3ccccc3c21. The van der Waals surface area contributed by atoms with E-state index in [0.29, 0.717) is 0 Å². The van der Waals surface area contributed by atoms with Gasteiger partial charge in [-0.2, -0.15) is 0 Å². The van der Waals surface area contributed by atoms with Gasteiger partial charge in [-0.05, 0) is 76.9 Å². The molecule has 0 radical (unpaired) electrons. The topological polar surface area (TPSA) is 43.9 Å². The summed E-state index contributed by atoms with van der Waals surface area (Å²) in [5.74, 6) is 0.828. The third kappa shape index (κ3) is 3.65. The first-order chi connectivity index (χ1) is 25.5. The Morgan fingerprint density at radius 2 is 1.29 bits per heavy atom. The number of aromatic nitrogens is 3. The molecule has 244 valence electrons. The van der Waals surface area contributed by atoms with Crippen molar-refractivity contribution in [3.63, 3.8) is 0 Å². The van der Waals surface area contributed by atoms with Crippen molar-refractivity contribution in [2.75, 3.05) is 0 Å². The van der Waals surface area contributed by atoms with E-state index in [9.17, 15) is 0 Å². The summed E-state index contributed by atoms with van der Waals surface area (Å²) < 4.78 is 11.3. The van der Waals surface area contributed by atoms with Crippen molar-refractivity contribution < 1.29 is 4.42 Å². The standard InChI is InChI=1S/C47H29N3OS/c1-47(2)33-20-19-26(23-32(33)43-34(47)21-22-40-44(43)29-13-4-9-17-39(29)51-40)45-46(49-36-15-7-6-14-35(36)48-45)50-37-16-8-3-11-27(37)30-24-31-28-12-5-10-18-41(28)52-42(31)25-38(30)50/h3-25H,1-2H3. The second-order valence-corrected chi connectivity index (χ2v) is 15.6. The van der Waals surface area contributed by atoms with Crippen LogP contribution in [0.1, 0.15) is 25.0 Å². The van der Waals surface area contributed by atoms with Crippen LogP contribution in [-0.4, -0.2) is 14.5 Å². The summed E-state index contributed by atoms with van der Waals surface area (Å²) in [5, 5.41) is 7.33. The Morgan fingerprint density at radius 1 is 0.558 bits per heavy atom. The van der Waals surface area contributed by atoms with E-state index < -0.39 is 0 Å². The lowest BCUT2D eigenvalue weighted by Gasteiger charge is -2.21. The zero-order valence-corrected chi connectivity index (χ0v) is 29.3. The molecule has 0 N–H and O–H groups in total. The van der Waals surface area contributed by atoms with Crippen molar-refractivity contribution in [3.8, 4) is 28.2 Å². The van der Waals surface area contributed by atoms with Gasteiger partial charge in [0.05, 0.1) is 22.1 Å². The molecule has 1 aliphatic rings. The Balaban J connectivity index is 1.18. The van der Waals surface area contributed by atoms with Gasteiger partial charge in [-0.25, -0.2) is 9.97 Å². The molecule has 0 saturated heterocycles. The molecule has 0 fully saturated rings. The van der Waals surface area contributed by atoms with Crippen LogP contribution in [-0.2, 0) is 5.41 Å². The molecule has 4 nitrogen and oxygen atoms in total. The van der Waals surface area contributed by atoms with Gasteiger partial charge in [0.25, 0.3) is 0 Å². The number of hydrogen-bond donors (Lipinski definition) is 0. The molecular weight excluding hydrogens is 655 g/mol. The Hall–Kier alpha value is -6.30. The second-order valence-electron chi connectivity index (χ2n) is 14.5. The molecule has 5 heteroatoms. The molecule has 0 amide bonds. The van der Waals surface area contributed by atoms with Crippen molar-refractivity contribution in [3.05, 3.63) is 151 Å². The largest absolute Gasteiger partial charge is 0.456 e. The Labute approximate surface area is 302 Å². The highest BCUT2D eigenvalue weighted by molar-refractivity contribution is 7.25. The summed E-state index contributed by atoms with van der Waals surface area (Å²) in [6, 6.07) is 50.1. The van der Waals surface area contributed by atoms with Gasteiger partial charge in [0.15, 0.2) is 5.82 Å². The number of para-hydroxylation sites is 4. The number of rotatable bonds is 2. The normalized spacial score (nSPS) is 13.7. The summed E-state index contributed by atoms with van der Waals surface area (Å²) in [7, 11) is 0. The van der Waals surface area contributed by atoms with Crippen LogP contribution < -0.4 is 0 Å². The number of thiophene rings is 1. The van der Waals surface area contributed by atoms with E-state index in [1.165, 1.54) is 58.6 Å². The Bertz CT molecular complexity index is 3340. The monoisotopic (exact) mass is 683 g/mol. The maximum Gasteiger partial charge on any atom is 0.165 e. The van der Waals surface area contributed by atoms with E-state index >= 15 is 0 Å². The van der Waals surface area contributed by atoms with Gasteiger partial charge in [0.2, 0.25) is 0 Å². The van der Waals surface area contributed by atoms with Crippen LogP contribution >= 0.6 is 11.3 Å². The summed E-state index contributed by atoms with van der Waals surface area (Å²) in [4.78, 5) is 10.9. The highest BCUT2D eigenvalue weighted by Gasteiger charge is 2.38. The van der Waals surface area contributed by atoms with Gasteiger partial charge in [-0.1, -0.05) is 98.8 Å². The highest BCUT2D eigenvalue weighted by Crippen LogP contribution is 2.54. The number of hydrogen-bond acceptors (Lipinski definition) is 4. The molecular formula is C47H29N3OS. The lowest BCUT2D eigenvalue weighted by molar-refractivity contribution is 0.656. The van der Waals surface area contributed by atoms with E-state index in [4.69, 9.17) is 14.4 Å². The molecule has 0 bridgehead atoms. The summed E-state index contributed by atoms with van der Waals surface area (Å²) in [6.07, 6.45) is 0. The van der Waals surface area contributed by atoms with E-state index in [-0.39, 0.29) is 5.41 Å². The zero-order valence-electron chi connectivity index (χ0n) is 28.4. The van der Waals surface area contributed by atoms with Crippen molar-refractivity contribution in [1.82, 2.24) is 14.5 Å². The van der Waals surface area contributed by atoms with E-state index in [1.807, 2.05) is 29.5 Å². The van der Waals surface area contributed by atoms with Gasteiger partial charge >= 0.3 is 0 Å². The van der Waals surface area contributed by atoms with Gasteiger partial charge in [0, 0.05) is 52.7 Å². The van der Waals surface area contributed by atoms with Crippen LogP contribution in [0.2, 0.25) is 0 Å². The first-order valence-electron chi connectivity index (χ1n) is 17.7. The average molecular weight is 684 g/mol. The van der Waals surface area contributed by atoms with Gasteiger partial charge in [0.1, 0.15) is 16.9 Å². The Morgan fingerprint density at radius 3 is 2.17 bits per heavy atom. The van der Waals surface area contributed by atoms with E-state index in [1.54, 1.807) is 0 Å². The summed E-state index contributed by atoms with van der Waals surface area (Å²) in [6.45, 7) is 4.67. The molecule has 4 heterocycles. The minimum atomic E-state index is -0.171. The molecule has 4 aromatic heterocycles. The molecule has 52 heavy (non-hydrogen) atoms. The predicted molar refractivity (Wildman–Crippen MR) is 217 cm³/mol. The fourth-order valence-electron chi connectivity index (χ4n) is 8.96. The van der Waals surface area contributed by atoms with Gasteiger partial charge < -0.3 is 4.42 Å². The number of fused-ring (bicyclic) bond motifs is 14. The third-order valence-electron chi connectivity index (χ3n) is 11.4. The quantitative estimate of drug-likeness (QED) is 0.182. The van der Waals surface area contributed by atoms with Crippen LogP contribution in [0.5, 0.6) is 0 Å². The maximum atomic E-state index is 6.40. The van der Waals surface area contributed by atoms with Crippen molar-refractivity contribution in [2.24, 2.45) is 0 Å². The van der Waals surface area contributed by atoms with E-state index in [2.05, 4.69) is 140 Å². The Kier molecular flexibility index (Phi) is 5.43. The molecule has 1 aliphatic carbocycles. The maximum absolute atomic E-state index is 6.40. The van der Waals surface area contributed by atoms with Crippen LogP contribution in [0.15, 0.2) is 144 Å². The van der Waals surface area contributed by atoms with Gasteiger partial charge in [-0.15, -0.1) is 11.3 Å². The molecule has 0 aliphatic heterocycles. The molecule has 0 atom stereocenters. The van der Waals surface area contributed by atoms with Gasteiger partial charge in [-0.3, -0.25) is 4.57 Å². The molecule has 0 unspecified atom stereocenters. The first-order valence-corrected chi connectivity index (χ1v) is 18.6. The molecule has 0 spiro atoms. The van der Waals surface area contributed by atoms with E-state index in [0.717, 1.165) is 55.7 Å². The molecule has 7 aromatic carbocycles. The zero-order chi connectivity index (χ0) is 34.3. The van der Waals surface area contributed by atoms with Crippen molar-refractivity contribution in [2.45, 2.75) is 19.3 Å². The fraction of sp³-hybridized carbons (Fsp3) is 0.0638. The highest BCUT2D eigenvalue weighted by atomic mass is 32.1. The lowest BCUT2D eigenvalue weighted by Crippen LogP contribution is -2.14. The average Bonchev–Trinajstić information content (AvgIpc) is 3.89. The smallest absolute Gasteiger partial charge is 0.165 e. The van der Waals surface area contributed by atoms with Crippen molar-refractivity contribution in [1.29, 1.82) is 0 Å². The molecule has 0 saturated carbocycles. The fourth-order valence-corrected chi connectivity index (χ4v) is 10.1. The molecule has 11 aromatic rings. The minimum Gasteiger partial charge on any atom is -0.456 e. The van der Waals surface area contributed by atoms with Crippen LogP contribution in [0, 0.1) is 0 Å². The van der Waals surface area contributed by atoms with Crippen molar-refractivity contribution >= 4 is 86.3 Å². The summed E-state index contributed by atoms with van der Waals surface area (Å²) in [5.41, 5.74) is 12.6. The summed E-state index contributed by atoms with van der Waals surface area (Å²) >= 11 is 1.85. The number of furan rings is 1. The number of benzene rings is 7. The molecule has 12 rings (SSSR count). The number of nitrogens with zero attached hydrogens (tertiary/aromatic N) is 3. The first kappa shape index (κ1) is 28.4. The minimum absolute atomic E-state index is 0.171. The van der Waals surface area contributed by atoms with Crippen LogP contribution in [0.3, 0.4) is 0 Å². The lowest BCUT2D eigenvalue weighted by atomic mass is 9.82.